The van der Waals surface area contributed by atoms with E-state index in [0.29, 0.717) is 6.07 Å². The summed E-state index contributed by atoms with van der Waals surface area (Å²) in [6.07, 6.45) is 0. The molecule has 118 valence electrons. The number of rotatable bonds is 2. The smallest absolute Gasteiger partial charge is 0.744 e. The summed E-state index contributed by atoms with van der Waals surface area (Å²) in [4.78, 5) is -2.49. The predicted octanol–water partition coefficient (Wildman–Crippen LogP) is -6.23. The third kappa shape index (κ3) is 3.55. The van der Waals surface area contributed by atoms with E-state index in [-0.39, 0.29) is 69.9 Å². The van der Waals surface area contributed by atoms with Crippen LogP contribution in [0, 0.1) is 0 Å². The molecule has 3 rings (SSSR count). The molecule has 1 aliphatic rings. The second-order valence-electron chi connectivity index (χ2n) is 4.44. The van der Waals surface area contributed by atoms with Crippen LogP contribution in [0.3, 0.4) is 0 Å². The average molecular weight is 409 g/mol. The van der Waals surface area contributed by atoms with Crippen molar-refractivity contribution in [3.8, 4) is 0 Å². The van der Waals surface area contributed by atoms with Crippen LogP contribution in [0.1, 0.15) is 0 Å². The van der Waals surface area contributed by atoms with Gasteiger partial charge in [0.05, 0.1) is 20.4 Å². The minimum absolute atomic E-state index is 0. The van der Waals surface area contributed by atoms with Gasteiger partial charge in [-0.3, -0.25) is 4.72 Å². The van der Waals surface area contributed by atoms with Gasteiger partial charge in [0.1, 0.15) is 20.2 Å². The van der Waals surface area contributed by atoms with Crippen LogP contribution in [-0.4, -0.2) is 34.4 Å². The Bertz CT molecular complexity index is 1160. The molecule has 0 fully saturated rings. The van der Waals surface area contributed by atoms with Crippen molar-refractivity contribution in [1.29, 1.82) is 0 Å². The van der Waals surface area contributed by atoms with Gasteiger partial charge in [-0.15, -0.1) is 0 Å². The first kappa shape index (κ1) is 22.3. The maximum Gasteiger partial charge on any atom is 1.00 e. The summed E-state index contributed by atoms with van der Waals surface area (Å²) in [7, 11) is -14.5. The second kappa shape index (κ2) is 6.78. The maximum absolute atomic E-state index is 11.9. The van der Waals surface area contributed by atoms with E-state index in [4.69, 9.17) is 0 Å². The van der Waals surface area contributed by atoms with Crippen molar-refractivity contribution in [1.82, 2.24) is 0 Å². The van der Waals surface area contributed by atoms with Gasteiger partial charge in [0.15, 0.2) is 0 Å². The first-order chi connectivity index (χ1) is 9.93. The van der Waals surface area contributed by atoms with Crippen molar-refractivity contribution in [3.05, 3.63) is 24.3 Å². The first-order valence-corrected chi connectivity index (χ1v) is 9.77. The van der Waals surface area contributed by atoms with Crippen LogP contribution in [-0.2, 0) is 30.3 Å². The number of hydrogen-bond donors (Lipinski definition) is 1. The minimum Gasteiger partial charge on any atom is -0.744 e. The molecule has 9 nitrogen and oxygen atoms in total. The molecule has 2 aromatic carbocycles. The molecular formula is C10H5NNa2O8S3. The van der Waals surface area contributed by atoms with Crippen molar-refractivity contribution in [2.75, 3.05) is 4.72 Å². The van der Waals surface area contributed by atoms with Crippen LogP contribution in [0.4, 0.5) is 5.69 Å². The molecule has 0 radical (unpaired) electrons. The van der Waals surface area contributed by atoms with Gasteiger partial charge in [0.25, 0.3) is 10.0 Å². The number of anilines is 1. The average Bonchev–Trinajstić information content (AvgIpc) is 2.60. The van der Waals surface area contributed by atoms with Crippen molar-refractivity contribution in [3.63, 3.8) is 0 Å². The van der Waals surface area contributed by atoms with Gasteiger partial charge in [-0.05, 0) is 12.1 Å². The molecule has 0 saturated heterocycles. The fourth-order valence-corrected chi connectivity index (χ4v) is 5.14. The van der Waals surface area contributed by atoms with Crippen LogP contribution in [0.2, 0.25) is 0 Å². The fraction of sp³-hybridized carbons (Fsp3) is 0. The SMILES string of the molecule is O=S(=O)([O-])c1cc(S(=O)(=O)[O-])c2cccc3c2c1NS3(=O)=O.[Na+].[Na+]. The van der Waals surface area contributed by atoms with E-state index in [1.807, 2.05) is 4.72 Å². The zero-order chi connectivity index (χ0) is 16.5. The fourth-order valence-electron chi connectivity index (χ4n) is 2.31. The van der Waals surface area contributed by atoms with Gasteiger partial charge in [0.2, 0.25) is 0 Å². The molecule has 0 unspecified atom stereocenters. The minimum atomic E-state index is -5.22. The van der Waals surface area contributed by atoms with Crippen LogP contribution in [0.5, 0.6) is 0 Å². The van der Waals surface area contributed by atoms with Crippen LogP contribution < -0.4 is 63.8 Å². The monoisotopic (exact) mass is 409 g/mol. The summed E-state index contributed by atoms with van der Waals surface area (Å²) < 4.78 is 93.5. The van der Waals surface area contributed by atoms with Gasteiger partial charge in [-0.1, -0.05) is 12.1 Å². The zero-order valence-electron chi connectivity index (χ0n) is 12.3. The largest absolute Gasteiger partial charge is 1.00 e. The quantitative estimate of drug-likeness (QED) is 0.379. The van der Waals surface area contributed by atoms with Crippen LogP contribution in [0.25, 0.3) is 10.8 Å². The van der Waals surface area contributed by atoms with Crippen molar-refractivity contribution in [2.45, 2.75) is 14.7 Å². The molecule has 0 bridgehead atoms. The summed E-state index contributed by atoms with van der Waals surface area (Å²) in [6, 6.07) is 3.83. The summed E-state index contributed by atoms with van der Waals surface area (Å²) in [5.74, 6) is 0. The molecule has 0 atom stereocenters. The number of hydrogen-bond acceptors (Lipinski definition) is 8. The second-order valence-corrected chi connectivity index (χ2v) is 8.79. The molecule has 24 heavy (non-hydrogen) atoms. The number of nitrogens with one attached hydrogen (secondary N) is 1. The Morgan fingerprint density at radius 2 is 1.46 bits per heavy atom. The number of sulfonamides is 1. The maximum atomic E-state index is 11.9. The molecule has 0 aliphatic carbocycles. The molecule has 14 heteroatoms. The molecule has 0 spiro atoms. The summed E-state index contributed by atoms with van der Waals surface area (Å²) in [6.45, 7) is 0. The van der Waals surface area contributed by atoms with Crippen molar-refractivity contribution < 1.29 is 93.5 Å². The molecular weight excluding hydrogens is 404 g/mol. The Kier molecular flexibility index (Phi) is 6.30. The van der Waals surface area contributed by atoms with E-state index < -0.39 is 50.6 Å². The predicted molar refractivity (Wildman–Crippen MR) is 70.7 cm³/mol. The van der Waals surface area contributed by atoms with Crippen molar-refractivity contribution in [2.24, 2.45) is 0 Å². The molecule has 0 aromatic heterocycles. The molecule has 0 saturated carbocycles. The van der Waals surface area contributed by atoms with Crippen LogP contribution >= 0.6 is 0 Å². The van der Waals surface area contributed by atoms with Gasteiger partial charge in [0, 0.05) is 10.8 Å². The van der Waals surface area contributed by atoms with E-state index in [9.17, 15) is 34.4 Å². The number of benzene rings is 2. The Hall–Kier alpha value is 0.270. The van der Waals surface area contributed by atoms with Gasteiger partial charge in [-0.25, -0.2) is 25.3 Å². The Balaban J connectivity index is 0.00000144. The van der Waals surface area contributed by atoms with Crippen molar-refractivity contribution >= 4 is 46.7 Å². The Morgan fingerprint density at radius 1 is 0.917 bits per heavy atom. The third-order valence-electron chi connectivity index (χ3n) is 3.11. The first-order valence-electron chi connectivity index (χ1n) is 5.47. The van der Waals surface area contributed by atoms with Gasteiger partial charge < -0.3 is 9.11 Å². The van der Waals surface area contributed by atoms with E-state index in [1.54, 1.807) is 0 Å². The Morgan fingerprint density at radius 3 is 1.96 bits per heavy atom. The summed E-state index contributed by atoms with van der Waals surface area (Å²) >= 11 is 0. The van der Waals surface area contributed by atoms with E-state index in [1.165, 1.54) is 6.07 Å². The molecule has 1 N–H and O–H groups in total. The normalized spacial score (nSPS) is 15.2. The summed E-state index contributed by atoms with van der Waals surface area (Å²) in [5, 5.41) is -0.586. The topological polar surface area (TPSA) is 161 Å². The Labute approximate surface area is 182 Å². The molecule has 0 amide bonds. The molecule has 2 aromatic rings. The van der Waals surface area contributed by atoms with Gasteiger partial charge >= 0.3 is 59.1 Å². The third-order valence-corrected chi connectivity index (χ3v) is 6.24. The van der Waals surface area contributed by atoms with E-state index in [2.05, 4.69) is 0 Å². The van der Waals surface area contributed by atoms with E-state index in [0.717, 1.165) is 12.1 Å². The molecule has 1 aliphatic heterocycles. The van der Waals surface area contributed by atoms with Crippen LogP contribution in [0.15, 0.2) is 39.0 Å². The van der Waals surface area contributed by atoms with E-state index >= 15 is 0 Å². The molecule has 1 heterocycles. The van der Waals surface area contributed by atoms with Gasteiger partial charge in [-0.2, -0.15) is 0 Å². The zero-order valence-corrected chi connectivity index (χ0v) is 18.7. The summed E-state index contributed by atoms with van der Waals surface area (Å²) in [5.41, 5.74) is -0.548. The standard InChI is InChI=1S/C10H7NO8S3.2Na/c12-20(13)6-3-1-2-5-7(21(14,15)16)4-8(22(17,18)19)10(11-20)9(5)6;;/h1-4,11H,(H,14,15,16)(H,17,18,19);;/q;2*+1/p-2.